The molecule has 4 rings (SSSR count). The van der Waals surface area contributed by atoms with Crippen LogP contribution in [0.15, 0.2) is 72.8 Å². The number of benzene rings is 3. The molecule has 0 aliphatic heterocycles. The molecule has 3 aromatic carbocycles. The molecule has 2 amide bonds. The van der Waals surface area contributed by atoms with Crippen LogP contribution in [0.4, 0.5) is 10.8 Å². The number of nitrogens with zero attached hydrogens (tertiary/aromatic N) is 1. The number of ether oxygens (including phenoxy) is 1. The summed E-state index contributed by atoms with van der Waals surface area (Å²) in [5.74, 6) is 0.449. The topological polar surface area (TPSA) is 80.3 Å². The Bertz CT molecular complexity index is 1220. The average Bonchev–Trinajstić information content (AvgIpc) is 3.20. The van der Waals surface area contributed by atoms with Crippen LogP contribution in [0.2, 0.25) is 0 Å². The first-order chi connectivity index (χ1) is 15.6. The van der Waals surface area contributed by atoms with E-state index in [1.165, 1.54) is 11.3 Å². The van der Waals surface area contributed by atoms with Gasteiger partial charge in [0.2, 0.25) is 5.91 Å². The smallest absolute Gasteiger partial charge is 0.255 e. The summed E-state index contributed by atoms with van der Waals surface area (Å²) in [5, 5.41) is 6.29. The third-order valence-corrected chi connectivity index (χ3v) is 5.67. The number of hydrogen-bond acceptors (Lipinski definition) is 5. The van der Waals surface area contributed by atoms with E-state index in [2.05, 4.69) is 15.6 Å². The Morgan fingerprint density at radius 2 is 1.75 bits per heavy atom. The number of carbonyl (C=O) groups excluding carboxylic acids is 2. The lowest BCUT2D eigenvalue weighted by Crippen LogP contribution is -2.11. The number of carbonyl (C=O) groups is 2. The van der Waals surface area contributed by atoms with E-state index in [1.54, 1.807) is 30.3 Å². The highest BCUT2D eigenvalue weighted by molar-refractivity contribution is 7.22. The number of anilines is 2. The number of amides is 2. The highest BCUT2D eigenvalue weighted by Gasteiger charge is 2.10. The molecule has 0 fully saturated rings. The molecule has 7 heteroatoms. The van der Waals surface area contributed by atoms with E-state index in [0.717, 1.165) is 22.2 Å². The quantitative estimate of drug-likeness (QED) is 0.356. The first kappa shape index (κ1) is 21.5. The van der Waals surface area contributed by atoms with Gasteiger partial charge in [0.1, 0.15) is 12.4 Å². The van der Waals surface area contributed by atoms with Crippen molar-refractivity contribution in [2.45, 2.75) is 26.4 Å². The standard InChI is InChI=1S/C25H23N3O3S/c1-2-6-23(29)28-25-27-21-14-11-19(15-22(21)32-25)26-24(30)18-9-12-20(13-10-18)31-16-17-7-4-3-5-8-17/h3-5,7-15H,2,6,16H2,1H3,(H,26,30)(H,27,28,29). The molecule has 0 radical (unpaired) electrons. The molecule has 1 aromatic heterocycles. The van der Waals surface area contributed by atoms with Crippen LogP contribution in [0.1, 0.15) is 35.7 Å². The second kappa shape index (κ2) is 10.1. The van der Waals surface area contributed by atoms with E-state index < -0.39 is 0 Å². The van der Waals surface area contributed by atoms with Gasteiger partial charge in [-0.1, -0.05) is 48.6 Å². The van der Waals surface area contributed by atoms with Crippen LogP contribution in [0.5, 0.6) is 5.75 Å². The zero-order valence-corrected chi connectivity index (χ0v) is 18.4. The van der Waals surface area contributed by atoms with Gasteiger partial charge in [-0.05, 0) is 54.4 Å². The number of aromatic nitrogens is 1. The van der Waals surface area contributed by atoms with E-state index in [-0.39, 0.29) is 11.8 Å². The SMILES string of the molecule is CCCC(=O)Nc1nc2ccc(NC(=O)c3ccc(OCc4ccccc4)cc3)cc2s1. The van der Waals surface area contributed by atoms with Crippen LogP contribution >= 0.6 is 11.3 Å². The zero-order chi connectivity index (χ0) is 22.3. The Kier molecular flexibility index (Phi) is 6.77. The lowest BCUT2D eigenvalue weighted by Gasteiger charge is -2.08. The zero-order valence-electron chi connectivity index (χ0n) is 17.6. The Labute approximate surface area is 190 Å². The number of fused-ring (bicyclic) bond motifs is 1. The minimum atomic E-state index is -0.208. The summed E-state index contributed by atoms with van der Waals surface area (Å²) < 4.78 is 6.66. The summed E-state index contributed by atoms with van der Waals surface area (Å²) in [5.41, 5.74) is 3.07. The van der Waals surface area contributed by atoms with Crippen LogP contribution in [0.3, 0.4) is 0 Å². The maximum atomic E-state index is 12.6. The molecule has 0 saturated heterocycles. The lowest BCUT2D eigenvalue weighted by molar-refractivity contribution is -0.116. The summed E-state index contributed by atoms with van der Waals surface area (Å²) in [6.45, 7) is 2.43. The molecule has 0 atom stereocenters. The van der Waals surface area contributed by atoms with Crippen LogP contribution in [-0.4, -0.2) is 16.8 Å². The first-order valence-corrected chi connectivity index (χ1v) is 11.2. The third-order valence-electron chi connectivity index (χ3n) is 4.73. The van der Waals surface area contributed by atoms with Crippen molar-refractivity contribution in [2.24, 2.45) is 0 Å². The van der Waals surface area contributed by atoms with Gasteiger partial charge in [0, 0.05) is 17.7 Å². The largest absolute Gasteiger partial charge is 0.489 e. The summed E-state index contributed by atoms with van der Waals surface area (Å²) in [4.78, 5) is 28.9. The maximum absolute atomic E-state index is 12.6. The van der Waals surface area contributed by atoms with Crippen molar-refractivity contribution in [2.75, 3.05) is 10.6 Å². The van der Waals surface area contributed by atoms with Gasteiger partial charge in [0.25, 0.3) is 5.91 Å². The number of thiazole rings is 1. The fourth-order valence-electron chi connectivity index (χ4n) is 3.11. The van der Waals surface area contributed by atoms with Crippen LogP contribution in [0, 0.1) is 0 Å². The predicted octanol–water partition coefficient (Wildman–Crippen LogP) is 5.87. The van der Waals surface area contributed by atoms with Crippen LogP contribution in [0.25, 0.3) is 10.2 Å². The van der Waals surface area contributed by atoms with E-state index in [4.69, 9.17) is 4.74 Å². The van der Waals surface area contributed by atoms with Crippen molar-refractivity contribution in [1.29, 1.82) is 0 Å². The molecule has 0 unspecified atom stereocenters. The van der Waals surface area contributed by atoms with Crippen molar-refractivity contribution >= 4 is 44.2 Å². The van der Waals surface area contributed by atoms with Gasteiger partial charge in [-0.2, -0.15) is 0 Å². The second-order valence-electron chi connectivity index (χ2n) is 7.25. The summed E-state index contributed by atoms with van der Waals surface area (Å²) >= 11 is 1.38. The molecule has 0 aliphatic rings. The van der Waals surface area contributed by atoms with E-state index in [1.807, 2.05) is 49.4 Å². The predicted molar refractivity (Wildman–Crippen MR) is 128 cm³/mol. The molecule has 4 aromatic rings. The Morgan fingerprint density at radius 3 is 2.50 bits per heavy atom. The van der Waals surface area contributed by atoms with Crippen molar-refractivity contribution in [3.05, 3.63) is 83.9 Å². The summed E-state index contributed by atoms with van der Waals surface area (Å²) in [7, 11) is 0. The average molecular weight is 446 g/mol. The maximum Gasteiger partial charge on any atom is 0.255 e. The molecule has 0 aliphatic carbocycles. The summed E-state index contributed by atoms with van der Waals surface area (Å²) in [6, 6.07) is 22.5. The Balaban J connectivity index is 1.38. The van der Waals surface area contributed by atoms with Crippen LogP contribution in [-0.2, 0) is 11.4 Å². The molecule has 0 spiro atoms. The number of hydrogen-bond donors (Lipinski definition) is 2. The van der Waals surface area contributed by atoms with Crippen molar-refractivity contribution < 1.29 is 14.3 Å². The van der Waals surface area contributed by atoms with E-state index >= 15 is 0 Å². The molecule has 0 bridgehead atoms. The van der Waals surface area contributed by atoms with Gasteiger partial charge in [0.15, 0.2) is 5.13 Å². The number of rotatable bonds is 8. The van der Waals surface area contributed by atoms with Gasteiger partial charge in [-0.25, -0.2) is 4.98 Å². The molecular weight excluding hydrogens is 422 g/mol. The number of nitrogens with one attached hydrogen (secondary N) is 2. The Hall–Kier alpha value is -3.71. The minimum Gasteiger partial charge on any atom is -0.489 e. The second-order valence-corrected chi connectivity index (χ2v) is 8.28. The molecule has 1 heterocycles. The van der Waals surface area contributed by atoms with Gasteiger partial charge >= 0.3 is 0 Å². The van der Waals surface area contributed by atoms with Crippen LogP contribution < -0.4 is 15.4 Å². The third kappa shape index (κ3) is 5.50. The van der Waals surface area contributed by atoms with Gasteiger partial charge in [-0.3, -0.25) is 9.59 Å². The highest BCUT2D eigenvalue weighted by Crippen LogP contribution is 2.29. The monoisotopic (exact) mass is 445 g/mol. The van der Waals surface area contributed by atoms with E-state index in [0.29, 0.717) is 35.2 Å². The highest BCUT2D eigenvalue weighted by atomic mass is 32.1. The van der Waals surface area contributed by atoms with Gasteiger partial charge in [-0.15, -0.1) is 0 Å². The first-order valence-electron chi connectivity index (χ1n) is 10.4. The molecule has 32 heavy (non-hydrogen) atoms. The van der Waals surface area contributed by atoms with Gasteiger partial charge < -0.3 is 15.4 Å². The molecule has 162 valence electrons. The van der Waals surface area contributed by atoms with Crippen molar-refractivity contribution in [3.63, 3.8) is 0 Å². The molecule has 6 nitrogen and oxygen atoms in total. The molecule has 0 saturated carbocycles. The normalized spacial score (nSPS) is 10.7. The lowest BCUT2D eigenvalue weighted by atomic mass is 10.2. The fourth-order valence-corrected chi connectivity index (χ4v) is 4.03. The summed E-state index contributed by atoms with van der Waals surface area (Å²) in [6.07, 6.45) is 1.25. The van der Waals surface area contributed by atoms with E-state index in [9.17, 15) is 9.59 Å². The minimum absolute atomic E-state index is 0.0451. The Morgan fingerprint density at radius 1 is 0.969 bits per heavy atom. The molecule has 2 N–H and O–H groups in total. The fraction of sp³-hybridized carbons (Fsp3) is 0.160. The van der Waals surface area contributed by atoms with Crippen molar-refractivity contribution in [1.82, 2.24) is 4.98 Å². The van der Waals surface area contributed by atoms with Gasteiger partial charge in [0.05, 0.1) is 10.2 Å². The van der Waals surface area contributed by atoms with Crippen molar-refractivity contribution in [3.8, 4) is 5.75 Å². The molecular formula is C25H23N3O3S.